The summed E-state index contributed by atoms with van der Waals surface area (Å²) in [4.78, 5) is 24.3. The van der Waals surface area contributed by atoms with E-state index < -0.39 is 5.97 Å². The van der Waals surface area contributed by atoms with Crippen molar-refractivity contribution >= 4 is 11.9 Å². The molecule has 2 aromatic heterocycles. The van der Waals surface area contributed by atoms with Gasteiger partial charge in [0.1, 0.15) is 5.76 Å². The molecule has 0 fully saturated rings. The first-order valence-corrected chi connectivity index (χ1v) is 8.68. The first kappa shape index (κ1) is 18.5. The number of carbonyl (C=O) groups is 2. The Hall–Kier alpha value is -3.28. The van der Waals surface area contributed by atoms with Crippen molar-refractivity contribution in [2.45, 2.75) is 27.3 Å². The molecule has 2 heterocycles. The number of aromatic nitrogens is 1. The largest absolute Gasteiger partial charge is 0.467 e. The molecule has 3 rings (SSSR count). The van der Waals surface area contributed by atoms with E-state index >= 15 is 0 Å². The van der Waals surface area contributed by atoms with Crippen LogP contribution in [0.1, 0.15) is 33.1 Å². The number of ether oxygens (including phenoxy) is 1. The molecule has 3 aromatic rings. The van der Waals surface area contributed by atoms with E-state index in [4.69, 9.17) is 9.15 Å². The summed E-state index contributed by atoms with van der Waals surface area (Å²) in [5.41, 5.74) is 4.27. The fraction of sp³-hybridized carbons (Fsp3) is 0.238. The van der Waals surface area contributed by atoms with Gasteiger partial charge in [0.2, 0.25) is 0 Å². The maximum Gasteiger partial charge on any atom is 0.340 e. The van der Waals surface area contributed by atoms with E-state index in [-0.39, 0.29) is 19.1 Å². The lowest BCUT2D eigenvalue weighted by atomic mass is 10.2. The summed E-state index contributed by atoms with van der Waals surface area (Å²) in [6, 6.07) is 13.3. The second kappa shape index (κ2) is 7.95. The molecule has 140 valence electrons. The van der Waals surface area contributed by atoms with Gasteiger partial charge in [-0.3, -0.25) is 4.79 Å². The molecule has 0 radical (unpaired) electrons. The molecule has 27 heavy (non-hydrogen) atoms. The maximum atomic E-state index is 12.4. The monoisotopic (exact) mass is 366 g/mol. The highest BCUT2D eigenvalue weighted by molar-refractivity contribution is 5.93. The van der Waals surface area contributed by atoms with Crippen molar-refractivity contribution < 1.29 is 18.7 Å². The van der Waals surface area contributed by atoms with Crippen LogP contribution in [0.3, 0.4) is 0 Å². The fourth-order valence-electron chi connectivity index (χ4n) is 2.99. The van der Waals surface area contributed by atoms with Crippen molar-refractivity contribution in [3.8, 4) is 5.69 Å². The number of hydrogen-bond donors (Lipinski definition) is 1. The van der Waals surface area contributed by atoms with Crippen LogP contribution >= 0.6 is 0 Å². The summed E-state index contributed by atoms with van der Waals surface area (Å²) in [6.45, 7) is 5.73. The standard InChI is InChI=1S/C21H22N2O4/c1-14-6-4-7-17(10-14)23-15(2)11-19(16(23)3)21(25)27-13-20(24)22-12-18-8-5-9-26-18/h4-11H,12-13H2,1-3H3,(H,22,24). The zero-order valence-corrected chi connectivity index (χ0v) is 15.6. The zero-order chi connectivity index (χ0) is 19.4. The van der Waals surface area contributed by atoms with Crippen molar-refractivity contribution in [3.63, 3.8) is 0 Å². The van der Waals surface area contributed by atoms with Crippen molar-refractivity contribution in [1.29, 1.82) is 0 Å². The molecule has 1 amide bonds. The topological polar surface area (TPSA) is 73.5 Å². The van der Waals surface area contributed by atoms with Crippen LogP contribution in [-0.2, 0) is 16.1 Å². The van der Waals surface area contributed by atoms with E-state index in [1.807, 2.05) is 43.5 Å². The number of furan rings is 1. The van der Waals surface area contributed by atoms with E-state index in [0.717, 1.165) is 22.6 Å². The number of nitrogens with zero attached hydrogens (tertiary/aromatic N) is 1. The van der Waals surface area contributed by atoms with Gasteiger partial charge in [0.05, 0.1) is 18.4 Å². The molecular weight excluding hydrogens is 344 g/mol. The van der Waals surface area contributed by atoms with Crippen LogP contribution in [0.4, 0.5) is 0 Å². The maximum absolute atomic E-state index is 12.4. The van der Waals surface area contributed by atoms with Gasteiger partial charge in [-0.15, -0.1) is 0 Å². The van der Waals surface area contributed by atoms with Gasteiger partial charge in [-0.25, -0.2) is 4.79 Å². The normalized spacial score (nSPS) is 10.6. The summed E-state index contributed by atoms with van der Waals surface area (Å²) in [6.07, 6.45) is 1.53. The first-order valence-electron chi connectivity index (χ1n) is 8.68. The van der Waals surface area contributed by atoms with Crippen molar-refractivity contribution in [1.82, 2.24) is 9.88 Å². The third kappa shape index (κ3) is 4.28. The average molecular weight is 366 g/mol. The molecule has 6 nitrogen and oxygen atoms in total. The molecule has 0 saturated carbocycles. The van der Waals surface area contributed by atoms with Crippen LogP contribution in [0.5, 0.6) is 0 Å². The Labute approximate surface area is 157 Å². The lowest BCUT2D eigenvalue weighted by Crippen LogP contribution is -2.28. The van der Waals surface area contributed by atoms with Gasteiger partial charge in [-0.05, 0) is 56.7 Å². The number of nitrogens with one attached hydrogen (secondary N) is 1. The number of amides is 1. The van der Waals surface area contributed by atoms with Crippen LogP contribution in [0.25, 0.3) is 5.69 Å². The molecule has 1 aromatic carbocycles. The number of rotatable bonds is 6. The van der Waals surface area contributed by atoms with Gasteiger partial charge in [-0.1, -0.05) is 12.1 Å². The second-order valence-electron chi connectivity index (χ2n) is 6.39. The number of aryl methyl sites for hydroxylation is 2. The molecule has 0 bridgehead atoms. The zero-order valence-electron chi connectivity index (χ0n) is 15.6. The summed E-state index contributed by atoms with van der Waals surface area (Å²) >= 11 is 0. The smallest absolute Gasteiger partial charge is 0.340 e. The van der Waals surface area contributed by atoms with Gasteiger partial charge in [0, 0.05) is 17.1 Å². The van der Waals surface area contributed by atoms with E-state index in [9.17, 15) is 9.59 Å². The summed E-state index contributed by atoms with van der Waals surface area (Å²) in [5.74, 6) is -0.265. The van der Waals surface area contributed by atoms with E-state index in [1.54, 1.807) is 18.2 Å². The minimum atomic E-state index is -0.518. The Morgan fingerprint density at radius 3 is 2.63 bits per heavy atom. The highest BCUT2D eigenvalue weighted by atomic mass is 16.5. The second-order valence-corrected chi connectivity index (χ2v) is 6.39. The van der Waals surface area contributed by atoms with Gasteiger partial charge in [-0.2, -0.15) is 0 Å². The predicted molar refractivity (Wildman–Crippen MR) is 101 cm³/mol. The Kier molecular flexibility index (Phi) is 5.45. The molecule has 6 heteroatoms. The van der Waals surface area contributed by atoms with Crippen molar-refractivity contribution in [2.24, 2.45) is 0 Å². The average Bonchev–Trinajstić information content (AvgIpc) is 3.25. The summed E-state index contributed by atoms with van der Waals surface area (Å²) in [5, 5.41) is 2.64. The number of benzene rings is 1. The van der Waals surface area contributed by atoms with Crippen LogP contribution in [0, 0.1) is 20.8 Å². The first-order chi connectivity index (χ1) is 13.0. The Balaban J connectivity index is 1.65. The quantitative estimate of drug-likeness (QED) is 0.678. The molecule has 0 saturated heterocycles. The van der Waals surface area contributed by atoms with Crippen molar-refractivity contribution in [3.05, 3.63) is 77.0 Å². The molecule has 0 atom stereocenters. The SMILES string of the molecule is Cc1cccc(-n2c(C)cc(C(=O)OCC(=O)NCc3ccco3)c2C)c1. The molecule has 0 spiro atoms. The number of carbonyl (C=O) groups excluding carboxylic acids is 2. The highest BCUT2D eigenvalue weighted by Crippen LogP contribution is 2.22. The molecular formula is C21H22N2O4. The van der Waals surface area contributed by atoms with E-state index in [2.05, 4.69) is 11.4 Å². The minimum absolute atomic E-state index is 0.255. The van der Waals surface area contributed by atoms with E-state index in [1.165, 1.54) is 6.26 Å². The Morgan fingerprint density at radius 1 is 1.11 bits per heavy atom. The molecule has 1 N–H and O–H groups in total. The molecule has 0 unspecified atom stereocenters. The fourth-order valence-corrected chi connectivity index (χ4v) is 2.99. The number of esters is 1. The van der Waals surface area contributed by atoms with Crippen LogP contribution in [0.15, 0.2) is 53.1 Å². The number of hydrogen-bond acceptors (Lipinski definition) is 4. The molecule has 0 aliphatic carbocycles. The van der Waals surface area contributed by atoms with Gasteiger partial charge >= 0.3 is 5.97 Å². The van der Waals surface area contributed by atoms with Crippen LogP contribution in [-0.4, -0.2) is 23.1 Å². The van der Waals surface area contributed by atoms with Gasteiger partial charge in [0.15, 0.2) is 6.61 Å². The van der Waals surface area contributed by atoms with Gasteiger partial charge in [0.25, 0.3) is 5.91 Å². The molecule has 0 aliphatic heterocycles. The van der Waals surface area contributed by atoms with Crippen LogP contribution in [0.2, 0.25) is 0 Å². The highest BCUT2D eigenvalue weighted by Gasteiger charge is 2.19. The summed E-state index contributed by atoms with van der Waals surface area (Å²) < 4.78 is 12.3. The minimum Gasteiger partial charge on any atom is -0.467 e. The lowest BCUT2D eigenvalue weighted by molar-refractivity contribution is -0.124. The summed E-state index contributed by atoms with van der Waals surface area (Å²) in [7, 11) is 0. The third-order valence-corrected chi connectivity index (χ3v) is 4.29. The van der Waals surface area contributed by atoms with E-state index in [0.29, 0.717) is 11.3 Å². The lowest BCUT2D eigenvalue weighted by Gasteiger charge is -2.10. The van der Waals surface area contributed by atoms with Gasteiger partial charge < -0.3 is 19.0 Å². The predicted octanol–water partition coefficient (Wildman–Crippen LogP) is 3.47. The van der Waals surface area contributed by atoms with Crippen LogP contribution < -0.4 is 5.32 Å². The Morgan fingerprint density at radius 2 is 1.93 bits per heavy atom. The van der Waals surface area contributed by atoms with Crippen molar-refractivity contribution in [2.75, 3.05) is 6.61 Å². The third-order valence-electron chi connectivity index (χ3n) is 4.29. The Bertz CT molecular complexity index is 955. The molecule has 0 aliphatic rings.